The van der Waals surface area contributed by atoms with Crippen molar-refractivity contribution in [1.29, 1.82) is 0 Å². The average Bonchev–Trinajstić information content (AvgIpc) is 3.16. The lowest BCUT2D eigenvalue weighted by molar-refractivity contribution is -0.139. The van der Waals surface area contributed by atoms with Crippen molar-refractivity contribution in [2.24, 2.45) is 0 Å². The zero-order valence-electron chi connectivity index (χ0n) is 12.8. The van der Waals surface area contributed by atoms with Crippen molar-refractivity contribution in [3.63, 3.8) is 0 Å². The summed E-state index contributed by atoms with van der Waals surface area (Å²) in [6, 6.07) is 6.38. The fourth-order valence-electron chi connectivity index (χ4n) is 2.21. The van der Waals surface area contributed by atoms with Gasteiger partial charge < -0.3 is 9.15 Å². The monoisotopic (exact) mass is 330 g/mol. The zero-order chi connectivity index (χ0) is 17.1. The smallest absolute Gasteiger partial charge is 0.322 e. The molecule has 2 heterocycles. The minimum Gasteiger partial charge on any atom is -0.497 e. The minimum absolute atomic E-state index is 0.0728. The Morgan fingerprint density at radius 3 is 2.50 bits per heavy atom. The molecule has 1 saturated heterocycles. The molecular formula is C15H14N4O5. The first kappa shape index (κ1) is 15.7. The highest BCUT2D eigenvalue weighted by Gasteiger charge is 2.30. The third-order valence-corrected chi connectivity index (χ3v) is 3.49. The van der Waals surface area contributed by atoms with Crippen LogP contribution in [-0.4, -0.2) is 39.9 Å². The number of hydrogen-bond donors (Lipinski definition) is 1. The highest BCUT2D eigenvalue weighted by molar-refractivity contribution is 6.03. The highest BCUT2D eigenvalue weighted by atomic mass is 16.5. The molecule has 0 bridgehead atoms. The summed E-state index contributed by atoms with van der Waals surface area (Å²) in [6.07, 6.45) is 0.377. The van der Waals surface area contributed by atoms with Gasteiger partial charge in [-0.25, -0.2) is 0 Å². The number of methoxy groups -OCH3 is 1. The van der Waals surface area contributed by atoms with Crippen LogP contribution in [0.15, 0.2) is 28.7 Å². The van der Waals surface area contributed by atoms with Crippen molar-refractivity contribution in [2.75, 3.05) is 12.4 Å². The second-order valence-corrected chi connectivity index (χ2v) is 5.06. The number of likely N-dealkylation sites (tertiary alicyclic amines) is 1. The molecule has 124 valence electrons. The van der Waals surface area contributed by atoms with Gasteiger partial charge >= 0.3 is 6.01 Å². The van der Waals surface area contributed by atoms with Crippen LogP contribution in [0.5, 0.6) is 5.75 Å². The molecule has 1 N–H and O–H groups in total. The molecule has 0 atom stereocenters. The molecule has 0 unspecified atom stereocenters. The Kier molecular flexibility index (Phi) is 4.23. The predicted molar refractivity (Wildman–Crippen MR) is 80.0 cm³/mol. The molecule has 9 nitrogen and oxygen atoms in total. The van der Waals surface area contributed by atoms with Gasteiger partial charge in [-0.3, -0.25) is 24.6 Å². The number of carbonyl (C=O) groups excluding carboxylic acids is 3. The van der Waals surface area contributed by atoms with Crippen LogP contribution in [0, 0.1) is 0 Å². The van der Waals surface area contributed by atoms with Crippen molar-refractivity contribution >= 4 is 23.7 Å². The number of anilines is 1. The molecule has 24 heavy (non-hydrogen) atoms. The second-order valence-electron chi connectivity index (χ2n) is 5.06. The summed E-state index contributed by atoms with van der Waals surface area (Å²) in [5.41, 5.74) is 0.389. The molecule has 9 heteroatoms. The topological polar surface area (TPSA) is 115 Å². The molecule has 1 aliphatic heterocycles. The maximum atomic E-state index is 12.1. The third-order valence-electron chi connectivity index (χ3n) is 3.49. The van der Waals surface area contributed by atoms with E-state index in [-0.39, 0.29) is 43.1 Å². The van der Waals surface area contributed by atoms with E-state index in [4.69, 9.17) is 9.15 Å². The molecule has 1 aromatic carbocycles. The number of amides is 3. The summed E-state index contributed by atoms with van der Waals surface area (Å²) in [6.45, 7) is -0.0942. The van der Waals surface area contributed by atoms with E-state index >= 15 is 0 Å². The van der Waals surface area contributed by atoms with Crippen molar-refractivity contribution < 1.29 is 23.5 Å². The number of hydrogen-bond acceptors (Lipinski definition) is 7. The summed E-state index contributed by atoms with van der Waals surface area (Å²) in [4.78, 5) is 36.2. The molecule has 1 aromatic heterocycles. The number of rotatable bonds is 5. The van der Waals surface area contributed by atoms with Gasteiger partial charge in [-0.15, -0.1) is 5.10 Å². The summed E-state index contributed by atoms with van der Waals surface area (Å²) < 4.78 is 10.3. The van der Waals surface area contributed by atoms with Crippen LogP contribution >= 0.6 is 0 Å². The van der Waals surface area contributed by atoms with Gasteiger partial charge in [0.05, 0.1) is 7.11 Å². The third kappa shape index (κ3) is 3.24. The van der Waals surface area contributed by atoms with E-state index in [0.29, 0.717) is 11.3 Å². The number of ether oxygens (including phenoxy) is 1. The van der Waals surface area contributed by atoms with Crippen molar-refractivity contribution in [1.82, 2.24) is 15.1 Å². The van der Waals surface area contributed by atoms with Crippen LogP contribution < -0.4 is 10.1 Å². The van der Waals surface area contributed by atoms with Crippen LogP contribution in [0.4, 0.5) is 6.01 Å². The first-order valence-corrected chi connectivity index (χ1v) is 7.18. The Labute approximate surface area is 136 Å². The van der Waals surface area contributed by atoms with E-state index in [2.05, 4.69) is 15.5 Å². The van der Waals surface area contributed by atoms with Crippen LogP contribution in [0.2, 0.25) is 0 Å². The average molecular weight is 330 g/mol. The lowest BCUT2D eigenvalue weighted by Crippen LogP contribution is -2.28. The Balaban J connectivity index is 1.63. The van der Waals surface area contributed by atoms with Crippen LogP contribution in [0.25, 0.3) is 0 Å². The number of aromatic nitrogens is 2. The lowest BCUT2D eigenvalue weighted by Gasteiger charge is -2.09. The summed E-state index contributed by atoms with van der Waals surface area (Å²) >= 11 is 0. The first-order valence-electron chi connectivity index (χ1n) is 7.18. The normalized spacial score (nSPS) is 14.1. The van der Waals surface area contributed by atoms with E-state index in [1.165, 1.54) is 7.11 Å². The van der Waals surface area contributed by atoms with Gasteiger partial charge in [-0.2, -0.15) is 0 Å². The lowest BCUT2D eigenvalue weighted by atomic mass is 10.2. The number of benzene rings is 1. The maximum Gasteiger partial charge on any atom is 0.322 e. The predicted octanol–water partition coefficient (Wildman–Crippen LogP) is 0.980. The molecule has 0 spiro atoms. The summed E-state index contributed by atoms with van der Waals surface area (Å²) in [5, 5.41) is 9.87. The molecule has 0 radical (unpaired) electrons. The van der Waals surface area contributed by atoms with Gasteiger partial charge in [0.25, 0.3) is 5.91 Å². The molecule has 2 aromatic rings. The second kappa shape index (κ2) is 6.49. The first-order chi connectivity index (χ1) is 11.6. The fraction of sp³-hybridized carbons (Fsp3) is 0.267. The Hall–Kier alpha value is -3.23. The van der Waals surface area contributed by atoms with Gasteiger partial charge in [0.1, 0.15) is 12.3 Å². The van der Waals surface area contributed by atoms with E-state index in [0.717, 1.165) is 4.90 Å². The number of carbonyl (C=O) groups is 3. The number of imide groups is 1. The van der Waals surface area contributed by atoms with Crippen molar-refractivity contribution in [3.8, 4) is 5.75 Å². The number of nitrogens with zero attached hydrogens (tertiary/aromatic N) is 3. The van der Waals surface area contributed by atoms with Gasteiger partial charge in [-0.1, -0.05) is 5.10 Å². The minimum atomic E-state index is -0.429. The van der Waals surface area contributed by atoms with Gasteiger partial charge in [-0.05, 0) is 24.3 Å². The van der Waals surface area contributed by atoms with E-state index < -0.39 is 5.91 Å². The van der Waals surface area contributed by atoms with Crippen LogP contribution in [0.1, 0.15) is 29.1 Å². The Bertz CT molecular complexity index is 767. The molecule has 3 rings (SSSR count). The molecule has 1 fully saturated rings. The van der Waals surface area contributed by atoms with Crippen LogP contribution in [0.3, 0.4) is 0 Å². The highest BCUT2D eigenvalue weighted by Crippen LogP contribution is 2.17. The quantitative estimate of drug-likeness (QED) is 0.813. The summed E-state index contributed by atoms with van der Waals surface area (Å²) in [7, 11) is 1.53. The molecule has 0 aliphatic carbocycles. The fourth-order valence-corrected chi connectivity index (χ4v) is 2.21. The van der Waals surface area contributed by atoms with Crippen molar-refractivity contribution in [2.45, 2.75) is 19.4 Å². The van der Waals surface area contributed by atoms with E-state index in [1.807, 2.05) is 0 Å². The Morgan fingerprint density at radius 1 is 1.21 bits per heavy atom. The zero-order valence-corrected chi connectivity index (χ0v) is 12.8. The van der Waals surface area contributed by atoms with Gasteiger partial charge in [0.15, 0.2) is 0 Å². The molecular weight excluding hydrogens is 316 g/mol. The van der Waals surface area contributed by atoms with E-state index in [1.54, 1.807) is 24.3 Å². The van der Waals surface area contributed by atoms with E-state index in [9.17, 15) is 14.4 Å². The maximum absolute atomic E-state index is 12.1. The van der Waals surface area contributed by atoms with Crippen molar-refractivity contribution in [3.05, 3.63) is 35.7 Å². The standard InChI is InChI=1S/C15H14N4O5/c1-23-10-4-2-9(3-5-10)14(22)16-15-18-17-11(24-15)8-19-12(20)6-7-13(19)21/h2-5H,6-8H2,1H3,(H,16,18,22). The van der Waals surface area contributed by atoms with Gasteiger partial charge in [0.2, 0.25) is 17.7 Å². The Morgan fingerprint density at radius 2 is 1.88 bits per heavy atom. The van der Waals surface area contributed by atoms with Crippen LogP contribution in [-0.2, 0) is 16.1 Å². The largest absolute Gasteiger partial charge is 0.497 e. The molecule has 1 aliphatic rings. The van der Waals surface area contributed by atoms with Gasteiger partial charge in [0, 0.05) is 18.4 Å². The SMILES string of the molecule is COc1ccc(C(=O)Nc2nnc(CN3C(=O)CCC3=O)o2)cc1. The summed E-state index contributed by atoms with van der Waals surface area (Å²) in [5.74, 6) is -0.277. The molecule has 3 amide bonds. The number of nitrogens with one attached hydrogen (secondary N) is 1. The molecule has 0 saturated carbocycles.